The summed E-state index contributed by atoms with van der Waals surface area (Å²) in [5.41, 5.74) is 1.33. The molecule has 0 saturated carbocycles. The summed E-state index contributed by atoms with van der Waals surface area (Å²) in [6.07, 6.45) is 3.66. The van der Waals surface area contributed by atoms with E-state index in [0.717, 1.165) is 5.56 Å². The molecule has 1 amide bonds. The average molecular weight is 254 g/mol. The molecule has 1 aliphatic heterocycles. The van der Waals surface area contributed by atoms with Crippen molar-refractivity contribution in [1.29, 1.82) is 0 Å². The van der Waals surface area contributed by atoms with Gasteiger partial charge in [0.25, 0.3) is 5.91 Å². The molecule has 1 N–H and O–H groups in total. The zero-order valence-electron chi connectivity index (χ0n) is 9.51. The Kier molecular flexibility index (Phi) is 3.15. The summed E-state index contributed by atoms with van der Waals surface area (Å²) in [5.74, 6) is -0.0251. The molecule has 2 rings (SSSR count). The lowest BCUT2D eigenvalue weighted by Crippen LogP contribution is -2.35. The number of pyridine rings is 1. The summed E-state index contributed by atoms with van der Waals surface area (Å²) >= 11 is 0. The standard InChI is InChI=1S/C11H14N2O3S/c1-8-6-12-4-2-10(8)11(14)13-9-3-5-17(15,16)7-9/h2,4,6,9H,3,5,7H2,1H3,(H,13,14). The van der Waals surface area contributed by atoms with Crippen molar-refractivity contribution in [2.24, 2.45) is 0 Å². The topological polar surface area (TPSA) is 76.1 Å². The summed E-state index contributed by atoms with van der Waals surface area (Å²) in [6, 6.07) is 1.37. The molecule has 1 aliphatic rings. The molecule has 17 heavy (non-hydrogen) atoms. The quantitative estimate of drug-likeness (QED) is 0.824. The number of nitrogens with one attached hydrogen (secondary N) is 1. The maximum Gasteiger partial charge on any atom is 0.251 e. The van der Waals surface area contributed by atoms with Gasteiger partial charge in [0, 0.05) is 24.0 Å². The first-order valence-electron chi connectivity index (χ1n) is 5.40. The SMILES string of the molecule is Cc1cnccc1C(=O)NC1CCS(=O)(=O)C1. The van der Waals surface area contributed by atoms with Gasteiger partial charge in [-0.05, 0) is 25.0 Å². The third-order valence-corrected chi connectivity index (χ3v) is 4.60. The lowest BCUT2D eigenvalue weighted by atomic mass is 10.1. The molecule has 0 radical (unpaired) electrons. The van der Waals surface area contributed by atoms with E-state index in [1.54, 1.807) is 25.4 Å². The van der Waals surface area contributed by atoms with Crippen LogP contribution in [0.4, 0.5) is 0 Å². The van der Waals surface area contributed by atoms with Crippen LogP contribution >= 0.6 is 0 Å². The lowest BCUT2D eigenvalue weighted by molar-refractivity contribution is 0.0940. The minimum Gasteiger partial charge on any atom is -0.348 e. The van der Waals surface area contributed by atoms with Gasteiger partial charge in [-0.2, -0.15) is 0 Å². The molecule has 1 atom stereocenters. The van der Waals surface area contributed by atoms with Crippen molar-refractivity contribution < 1.29 is 13.2 Å². The molecular weight excluding hydrogens is 240 g/mol. The number of aromatic nitrogens is 1. The first kappa shape index (κ1) is 12.0. The zero-order valence-corrected chi connectivity index (χ0v) is 10.3. The number of hydrogen-bond donors (Lipinski definition) is 1. The molecule has 1 fully saturated rings. The Morgan fingerprint density at radius 1 is 1.53 bits per heavy atom. The van der Waals surface area contributed by atoms with Gasteiger partial charge in [-0.15, -0.1) is 0 Å². The highest BCUT2D eigenvalue weighted by Crippen LogP contribution is 2.13. The van der Waals surface area contributed by atoms with Crippen molar-refractivity contribution in [3.05, 3.63) is 29.6 Å². The summed E-state index contributed by atoms with van der Waals surface area (Å²) < 4.78 is 22.5. The van der Waals surface area contributed by atoms with Crippen LogP contribution in [0.5, 0.6) is 0 Å². The van der Waals surface area contributed by atoms with E-state index in [9.17, 15) is 13.2 Å². The Bertz CT molecular complexity index is 539. The van der Waals surface area contributed by atoms with Gasteiger partial charge in [-0.3, -0.25) is 9.78 Å². The van der Waals surface area contributed by atoms with E-state index in [0.29, 0.717) is 12.0 Å². The van der Waals surface area contributed by atoms with Crippen LogP contribution in [0.2, 0.25) is 0 Å². The third-order valence-electron chi connectivity index (χ3n) is 2.83. The van der Waals surface area contributed by atoms with Gasteiger partial charge in [0.1, 0.15) is 0 Å². The molecule has 1 saturated heterocycles. The summed E-state index contributed by atoms with van der Waals surface area (Å²) in [4.78, 5) is 15.8. The van der Waals surface area contributed by atoms with Crippen LogP contribution in [0.15, 0.2) is 18.5 Å². The van der Waals surface area contributed by atoms with Crippen molar-refractivity contribution in [1.82, 2.24) is 10.3 Å². The first-order valence-corrected chi connectivity index (χ1v) is 7.22. The minimum atomic E-state index is -2.96. The van der Waals surface area contributed by atoms with Gasteiger partial charge >= 0.3 is 0 Å². The molecular formula is C11H14N2O3S. The fourth-order valence-electron chi connectivity index (χ4n) is 1.90. The maximum atomic E-state index is 11.9. The Morgan fingerprint density at radius 3 is 2.88 bits per heavy atom. The number of carbonyl (C=O) groups is 1. The van der Waals surface area contributed by atoms with Gasteiger partial charge in [-0.1, -0.05) is 0 Å². The highest BCUT2D eigenvalue weighted by atomic mass is 32.2. The third kappa shape index (κ3) is 2.82. The Balaban J connectivity index is 2.06. The zero-order chi connectivity index (χ0) is 12.5. The number of aryl methyl sites for hydroxylation is 1. The largest absolute Gasteiger partial charge is 0.348 e. The van der Waals surface area contributed by atoms with E-state index in [1.165, 1.54) is 0 Å². The molecule has 1 unspecified atom stereocenters. The van der Waals surface area contributed by atoms with Crippen LogP contribution in [0.25, 0.3) is 0 Å². The lowest BCUT2D eigenvalue weighted by Gasteiger charge is -2.11. The van der Waals surface area contributed by atoms with Crippen LogP contribution in [0, 0.1) is 6.92 Å². The van der Waals surface area contributed by atoms with Crippen LogP contribution in [0.3, 0.4) is 0 Å². The number of carbonyl (C=O) groups excluding carboxylic acids is 1. The highest BCUT2D eigenvalue weighted by Gasteiger charge is 2.29. The molecule has 0 spiro atoms. The smallest absolute Gasteiger partial charge is 0.251 e. The molecule has 0 aromatic carbocycles. The number of hydrogen-bond acceptors (Lipinski definition) is 4. The number of sulfone groups is 1. The van der Waals surface area contributed by atoms with Gasteiger partial charge in [0.15, 0.2) is 9.84 Å². The fourth-order valence-corrected chi connectivity index (χ4v) is 3.57. The Labute approximate surface area is 100 Å². The predicted octanol–water partition coefficient (Wildman–Crippen LogP) is 0.307. The molecule has 1 aromatic rings. The second kappa shape index (κ2) is 4.44. The molecule has 1 aromatic heterocycles. The maximum absolute atomic E-state index is 11.9. The van der Waals surface area contributed by atoms with Crippen LogP contribution in [-0.2, 0) is 9.84 Å². The van der Waals surface area contributed by atoms with Gasteiger partial charge < -0.3 is 5.32 Å². The van der Waals surface area contributed by atoms with E-state index in [4.69, 9.17) is 0 Å². The monoisotopic (exact) mass is 254 g/mol. The van der Waals surface area contributed by atoms with Crippen LogP contribution in [0.1, 0.15) is 22.3 Å². The normalized spacial score (nSPS) is 22.3. The van der Waals surface area contributed by atoms with Gasteiger partial charge in [0.2, 0.25) is 0 Å². The van der Waals surface area contributed by atoms with Crippen LogP contribution in [-0.4, -0.2) is 36.9 Å². The second-order valence-corrected chi connectivity index (χ2v) is 6.49. The van der Waals surface area contributed by atoms with Crippen molar-refractivity contribution >= 4 is 15.7 Å². The Hall–Kier alpha value is -1.43. The van der Waals surface area contributed by atoms with E-state index in [2.05, 4.69) is 10.3 Å². The molecule has 0 aliphatic carbocycles. The first-order chi connectivity index (χ1) is 7.98. The van der Waals surface area contributed by atoms with Crippen molar-refractivity contribution in [3.8, 4) is 0 Å². The molecule has 5 nitrogen and oxygen atoms in total. The van der Waals surface area contributed by atoms with E-state index in [-0.39, 0.29) is 23.5 Å². The van der Waals surface area contributed by atoms with Crippen molar-refractivity contribution in [3.63, 3.8) is 0 Å². The average Bonchev–Trinajstić information content (AvgIpc) is 2.58. The second-order valence-electron chi connectivity index (χ2n) is 4.26. The highest BCUT2D eigenvalue weighted by molar-refractivity contribution is 7.91. The molecule has 0 bridgehead atoms. The minimum absolute atomic E-state index is 0.0445. The molecule has 2 heterocycles. The number of amides is 1. The Morgan fingerprint density at radius 2 is 2.29 bits per heavy atom. The number of nitrogens with zero attached hydrogens (tertiary/aromatic N) is 1. The van der Waals surface area contributed by atoms with E-state index in [1.807, 2.05) is 0 Å². The summed E-state index contributed by atoms with van der Waals surface area (Å²) in [7, 11) is -2.96. The summed E-state index contributed by atoms with van der Waals surface area (Å²) in [6.45, 7) is 1.80. The van der Waals surface area contributed by atoms with Crippen molar-refractivity contribution in [2.45, 2.75) is 19.4 Å². The van der Waals surface area contributed by atoms with E-state index < -0.39 is 9.84 Å². The summed E-state index contributed by atoms with van der Waals surface area (Å²) in [5, 5.41) is 2.75. The number of rotatable bonds is 2. The van der Waals surface area contributed by atoms with E-state index >= 15 is 0 Å². The predicted molar refractivity (Wildman–Crippen MR) is 63.5 cm³/mol. The molecule has 6 heteroatoms. The fraction of sp³-hybridized carbons (Fsp3) is 0.455. The van der Waals surface area contributed by atoms with Gasteiger partial charge in [0.05, 0.1) is 11.5 Å². The van der Waals surface area contributed by atoms with Crippen LogP contribution < -0.4 is 5.32 Å². The molecule has 92 valence electrons. The van der Waals surface area contributed by atoms with Gasteiger partial charge in [-0.25, -0.2) is 8.42 Å². The van der Waals surface area contributed by atoms with Crippen molar-refractivity contribution in [2.75, 3.05) is 11.5 Å².